The number of carbonyl (C=O) groups excluding carboxylic acids is 1. The Hall–Kier alpha value is -3.43. The molecule has 0 aliphatic heterocycles. The number of benzene rings is 1. The molecule has 0 spiro atoms. The van der Waals surface area contributed by atoms with E-state index in [1.165, 1.54) is 30.4 Å². The van der Waals surface area contributed by atoms with Crippen molar-refractivity contribution in [2.24, 2.45) is 0 Å². The predicted molar refractivity (Wildman–Crippen MR) is 108 cm³/mol. The lowest BCUT2D eigenvalue weighted by Crippen LogP contribution is -2.32. The Morgan fingerprint density at radius 3 is 2.35 bits per heavy atom. The number of fused-ring (bicyclic) bond motifs is 2. The van der Waals surface area contributed by atoms with Gasteiger partial charge in [0.2, 0.25) is 5.79 Å². The van der Waals surface area contributed by atoms with E-state index in [1.807, 2.05) is 0 Å². The molecule has 0 fully saturated rings. The molecule has 0 saturated heterocycles. The van der Waals surface area contributed by atoms with Crippen LogP contribution in [0.2, 0.25) is 0 Å². The maximum absolute atomic E-state index is 13.0. The molecule has 0 aromatic heterocycles. The molecule has 1 unspecified atom stereocenters. The van der Waals surface area contributed by atoms with Crippen LogP contribution in [0.25, 0.3) is 5.76 Å². The zero-order chi connectivity index (χ0) is 22.6. The van der Waals surface area contributed by atoms with E-state index in [9.17, 15) is 24.6 Å². The number of carboxylic acid groups (broad SMARTS) is 2. The van der Waals surface area contributed by atoms with E-state index < -0.39 is 23.5 Å². The molecule has 2 aliphatic rings. The van der Waals surface area contributed by atoms with Crippen molar-refractivity contribution in [3.63, 3.8) is 0 Å². The first-order valence-corrected chi connectivity index (χ1v) is 9.68. The summed E-state index contributed by atoms with van der Waals surface area (Å²) in [5, 5.41) is 38.6. The summed E-state index contributed by atoms with van der Waals surface area (Å²) in [6, 6.07) is 4.54. The Balaban J connectivity index is 1.78. The second-order valence-electron chi connectivity index (χ2n) is 7.13. The molecule has 0 radical (unpaired) electrons. The van der Waals surface area contributed by atoms with Crippen LogP contribution >= 0.6 is 0 Å². The molecular weight excluding hydrogens is 408 g/mol. The minimum Gasteiger partial charge on any atom is -0.507 e. The van der Waals surface area contributed by atoms with Gasteiger partial charge in [0.15, 0.2) is 5.78 Å². The highest BCUT2D eigenvalue weighted by Gasteiger charge is 2.35. The summed E-state index contributed by atoms with van der Waals surface area (Å²) in [5.41, 5.74) is 0.780. The zero-order valence-electron chi connectivity index (χ0n) is 16.5. The van der Waals surface area contributed by atoms with Crippen LogP contribution in [0, 0.1) is 0 Å². The van der Waals surface area contributed by atoms with Crippen LogP contribution in [0.15, 0.2) is 47.6 Å². The Morgan fingerprint density at radius 2 is 1.68 bits per heavy atom. The third-order valence-electron chi connectivity index (χ3n) is 4.79. The van der Waals surface area contributed by atoms with Crippen molar-refractivity contribution < 1.29 is 44.3 Å². The van der Waals surface area contributed by atoms with Crippen LogP contribution in [0.4, 0.5) is 0 Å². The maximum Gasteiger partial charge on any atom is 0.303 e. The lowest BCUT2D eigenvalue weighted by molar-refractivity contribution is -0.142. The maximum atomic E-state index is 13.0. The highest BCUT2D eigenvalue weighted by molar-refractivity contribution is 6.18. The van der Waals surface area contributed by atoms with E-state index in [2.05, 4.69) is 0 Å². The highest BCUT2D eigenvalue weighted by atomic mass is 16.6. The molecule has 9 nitrogen and oxygen atoms in total. The molecular formula is C22H22O9. The van der Waals surface area contributed by atoms with Gasteiger partial charge < -0.3 is 29.9 Å². The molecule has 1 aromatic rings. The second-order valence-corrected chi connectivity index (χ2v) is 7.13. The largest absolute Gasteiger partial charge is 0.507 e. The summed E-state index contributed by atoms with van der Waals surface area (Å²) in [5.74, 6) is -3.99. The quantitative estimate of drug-likeness (QED) is 0.324. The summed E-state index contributed by atoms with van der Waals surface area (Å²) in [6.07, 6.45) is 4.21. The Bertz CT molecular complexity index is 1000. The molecule has 1 aromatic carbocycles. The number of aliphatic hydroxyl groups is 2. The van der Waals surface area contributed by atoms with Gasteiger partial charge in [-0.2, -0.15) is 0 Å². The van der Waals surface area contributed by atoms with Crippen LogP contribution in [0.3, 0.4) is 0 Å². The third-order valence-corrected chi connectivity index (χ3v) is 4.79. The van der Waals surface area contributed by atoms with Crippen molar-refractivity contribution >= 4 is 23.5 Å². The molecule has 164 valence electrons. The standard InChI is InChI=1S/C22H22O9/c23-18(24)3-1-9-30-13-5-6-14-16(11-13)20(27)15-7-8-22(29,12-17(15)21(14)28)31-10-2-4-19(25)26/h5-8,11-12,27,29H,1-4,9-10H2,(H,23,24)(H,25,26). The molecule has 0 heterocycles. The van der Waals surface area contributed by atoms with Crippen LogP contribution in [-0.4, -0.2) is 57.1 Å². The van der Waals surface area contributed by atoms with Gasteiger partial charge in [0, 0.05) is 35.1 Å². The number of carbonyl (C=O) groups is 3. The molecule has 0 bridgehead atoms. The second kappa shape index (κ2) is 9.15. The average Bonchev–Trinajstić information content (AvgIpc) is 2.72. The number of hydrogen-bond acceptors (Lipinski definition) is 7. The van der Waals surface area contributed by atoms with Gasteiger partial charge in [0.25, 0.3) is 0 Å². The van der Waals surface area contributed by atoms with Crippen molar-refractivity contribution in [2.75, 3.05) is 13.2 Å². The highest BCUT2D eigenvalue weighted by Crippen LogP contribution is 2.39. The van der Waals surface area contributed by atoms with Crippen molar-refractivity contribution in [3.8, 4) is 5.75 Å². The molecule has 0 amide bonds. The van der Waals surface area contributed by atoms with Crippen LogP contribution in [-0.2, 0) is 14.3 Å². The molecule has 9 heteroatoms. The van der Waals surface area contributed by atoms with E-state index >= 15 is 0 Å². The lowest BCUT2D eigenvalue weighted by Gasteiger charge is -2.29. The smallest absolute Gasteiger partial charge is 0.303 e. The summed E-state index contributed by atoms with van der Waals surface area (Å²) < 4.78 is 10.8. The Labute approximate surface area is 177 Å². The molecule has 4 N–H and O–H groups in total. The average molecular weight is 430 g/mol. The van der Waals surface area contributed by atoms with Crippen LogP contribution < -0.4 is 4.74 Å². The Kier molecular flexibility index (Phi) is 6.57. The number of aliphatic carboxylic acids is 2. The first-order chi connectivity index (χ1) is 14.7. The van der Waals surface area contributed by atoms with E-state index in [0.29, 0.717) is 12.2 Å². The topological polar surface area (TPSA) is 151 Å². The monoisotopic (exact) mass is 430 g/mol. The summed E-state index contributed by atoms with van der Waals surface area (Å²) in [4.78, 5) is 34.1. The van der Waals surface area contributed by atoms with Crippen molar-refractivity contribution in [1.82, 2.24) is 0 Å². The van der Waals surface area contributed by atoms with Gasteiger partial charge in [-0.25, -0.2) is 0 Å². The Morgan fingerprint density at radius 1 is 1.00 bits per heavy atom. The van der Waals surface area contributed by atoms with E-state index in [1.54, 1.807) is 6.07 Å². The first-order valence-electron chi connectivity index (χ1n) is 9.68. The number of aliphatic hydroxyl groups excluding tert-OH is 1. The fourth-order valence-corrected chi connectivity index (χ4v) is 3.28. The number of rotatable bonds is 10. The number of allylic oxidation sites excluding steroid dienone is 3. The van der Waals surface area contributed by atoms with Crippen LogP contribution in [0.1, 0.15) is 41.6 Å². The molecule has 3 rings (SSSR count). The number of ketones is 1. The SMILES string of the molecule is O=C(O)CCCOc1ccc2c(c1)C(O)=C1C=CC(O)(OCCCC(=O)O)C=C1C2=O. The normalized spacial score (nSPS) is 19.5. The predicted octanol–water partition coefficient (Wildman–Crippen LogP) is 2.46. The van der Waals surface area contributed by atoms with Gasteiger partial charge in [-0.15, -0.1) is 0 Å². The van der Waals surface area contributed by atoms with Crippen molar-refractivity contribution in [2.45, 2.75) is 31.5 Å². The first kappa shape index (κ1) is 22.3. The van der Waals surface area contributed by atoms with Gasteiger partial charge in [0.1, 0.15) is 11.5 Å². The van der Waals surface area contributed by atoms with E-state index in [-0.39, 0.29) is 60.5 Å². The molecule has 0 saturated carbocycles. The minimum absolute atomic E-state index is 0.0288. The van der Waals surface area contributed by atoms with Crippen molar-refractivity contribution in [1.29, 1.82) is 0 Å². The fraction of sp³-hybridized carbons (Fsp3) is 0.318. The van der Waals surface area contributed by atoms with Gasteiger partial charge in [-0.05, 0) is 49.3 Å². The van der Waals surface area contributed by atoms with E-state index in [0.717, 1.165) is 0 Å². The third kappa shape index (κ3) is 5.19. The fourth-order valence-electron chi connectivity index (χ4n) is 3.28. The molecule has 31 heavy (non-hydrogen) atoms. The van der Waals surface area contributed by atoms with Gasteiger partial charge in [0.05, 0.1) is 13.2 Å². The van der Waals surface area contributed by atoms with E-state index in [4.69, 9.17) is 19.7 Å². The number of hydrogen-bond donors (Lipinski definition) is 4. The van der Waals surface area contributed by atoms with Gasteiger partial charge in [-0.3, -0.25) is 14.4 Å². The summed E-state index contributed by atoms with van der Waals surface area (Å²) in [6.45, 7) is 0.142. The minimum atomic E-state index is -1.89. The van der Waals surface area contributed by atoms with Crippen molar-refractivity contribution in [3.05, 3.63) is 58.7 Å². The number of Topliss-reactive ketones (excluding diaryl/α,β-unsaturated/α-hetero) is 1. The number of carboxylic acids is 2. The summed E-state index contributed by atoms with van der Waals surface area (Å²) >= 11 is 0. The lowest BCUT2D eigenvalue weighted by atomic mass is 9.82. The zero-order valence-corrected chi connectivity index (χ0v) is 16.5. The van der Waals surface area contributed by atoms with Gasteiger partial charge >= 0.3 is 11.9 Å². The van der Waals surface area contributed by atoms with Gasteiger partial charge in [-0.1, -0.05) is 0 Å². The molecule has 1 atom stereocenters. The molecule has 2 aliphatic carbocycles. The summed E-state index contributed by atoms with van der Waals surface area (Å²) in [7, 11) is 0. The van der Waals surface area contributed by atoms with Crippen LogP contribution in [0.5, 0.6) is 5.75 Å². The number of ether oxygens (including phenoxy) is 2.